The Kier molecular flexibility index (Phi) is 9.15. The van der Waals surface area contributed by atoms with E-state index in [0.29, 0.717) is 30.9 Å². The highest BCUT2D eigenvalue weighted by atomic mass is 35.5. The number of nitrogens with one attached hydrogen (secondary N) is 2. The molecule has 5 nitrogen and oxygen atoms in total. The van der Waals surface area contributed by atoms with Gasteiger partial charge in [0, 0.05) is 12.1 Å². The summed E-state index contributed by atoms with van der Waals surface area (Å²) in [6.07, 6.45) is 3.31. The van der Waals surface area contributed by atoms with Gasteiger partial charge in [-0.2, -0.15) is 0 Å². The Morgan fingerprint density at radius 2 is 1.89 bits per heavy atom. The van der Waals surface area contributed by atoms with Crippen LogP contribution in [0.3, 0.4) is 0 Å². The van der Waals surface area contributed by atoms with Gasteiger partial charge in [-0.05, 0) is 76.6 Å². The molecule has 2 rings (SSSR count). The quantitative estimate of drug-likeness (QED) is 0.601. The molecule has 8 heteroatoms. The minimum absolute atomic E-state index is 0. The van der Waals surface area contributed by atoms with Crippen LogP contribution in [0.15, 0.2) is 24.3 Å². The predicted molar refractivity (Wildman–Crippen MR) is 109 cm³/mol. The number of hydrogen-bond donors (Lipinski definition) is 3. The van der Waals surface area contributed by atoms with Gasteiger partial charge < -0.3 is 10.4 Å². The summed E-state index contributed by atoms with van der Waals surface area (Å²) < 4.78 is 39.5. The Morgan fingerprint density at radius 3 is 2.44 bits per heavy atom. The molecule has 1 aromatic carbocycles. The molecule has 156 valence electrons. The monoisotopic (exact) mass is 422 g/mol. The first-order valence-electron chi connectivity index (χ1n) is 9.24. The normalized spacial score (nSPS) is 22.1. The van der Waals surface area contributed by atoms with Gasteiger partial charge in [-0.1, -0.05) is 12.1 Å². The smallest absolute Gasteiger partial charge is 0.214 e. The number of halogens is 2. The number of hydrogen-bond acceptors (Lipinski definition) is 4. The number of sulfonamides is 1. The Hall–Kier alpha value is -0.730. The standard InChI is InChI=1S/C19H31FN2O3S.ClH/c1-19(2,22-13-18(23)15-5-4-6-16(20)11-15)12-14-7-9-17(10-8-14)26(24,25)21-3;/h4-6,11,14,17-18,21-23H,7-10,12-13H2,1-3H3;1H. The summed E-state index contributed by atoms with van der Waals surface area (Å²) in [5, 5.41) is 13.4. The molecule has 1 aromatic rings. The van der Waals surface area contributed by atoms with E-state index in [-0.39, 0.29) is 29.0 Å². The van der Waals surface area contributed by atoms with Crippen LogP contribution in [-0.2, 0) is 10.0 Å². The molecule has 0 aliphatic heterocycles. The van der Waals surface area contributed by atoms with E-state index >= 15 is 0 Å². The van der Waals surface area contributed by atoms with Crippen LogP contribution < -0.4 is 10.0 Å². The number of aliphatic hydroxyl groups excluding tert-OH is 1. The highest BCUT2D eigenvalue weighted by Crippen LogP contribution is 2.33. The minimum Gasteiger partial charge on any atom is -0.387 e. The summed E-state index contributed by atoms with van der Waals surface area (Å²) in [5.41, 5.74) is 0.374. The second-order valence-corrected chi connectivity index (χ2v) is 10.1. The molecule has 0 saturated heterocycles. The lowest BCUT2D eigenvalue weighted by atomic mass is 9.80. The van der Waals surface area contributed by atoms with E-state index in [1.165, 1.54) is 19.2 Å². The fraction of sp³-hybridized carbons (Fsp3) is 0.684. The second-order valence-electron chi connectivity index (χ2n) is 7.93. The first kappa shape index (κ1) is 24.3. The van der Waals surface area contributed by atoms with Crippen LogP contribution in [0.2, 0.25) is 0 Å². The fourth-order valence-corrected chi connectivity index (χ4v) is 5.04. The van der Waals surface area contributed by atoms with Crippen LogP contribution in [0.25, 0.3) is 0 Å². The zero-order chi connectivity index (χ0) is 19.4. The number of aliphatic hydroxyl groups is 1. The van der Waals surface area contributed by atoms with Crippen molar-refractivity contribution < 1.29 is 17.9 Å². The zero-order valence-corrected chi connectivity index (χ0v) is 17.9. The second kappa shape index (κ2) is 10.2. The summed E-state index contributed by atoms with van der Waals surface area (Å²) in [6.45, 7) is 4.52. The van der Waals surface area contributed by atoms with E-state index in [1.807, 2.05) is 0 Å². The molecule has 0 radical (unpaired) electrons. The van der Waals surface area contributed by atoms with Crippen molar-refractivity contribution in [2.45, 2.75) is 62.8 Å². The molecule has 1 unspecified atom stereocenters. The van der Waals surface area contributed by atoms with Crippen LogP contribution in [0.5, 0.6) is 0 Å². The Labute approximate surface area is 168 Å². The minimum atomic E-state index is -3.17. The van der Waals surface area contributed by atoms with E-state index in [0.717, 1.165) is 19.3 Å². The van der Waals surface area contributed by atoms with Gasteiger partial charge in [0.1, 0.15) is 5.82 Å². The Bertz CT molecular complexity index is 692. The molecule has 0 bridgehead atoms. The van der Waals surface area contributed by atoms with Gasteiger partial charge in [0.2, 0.25) is 10.0 Å². The molecule has 1 aliphatic rings. The third-order valence-corrected chi connectivity index (χ3v) is 7.24. The van der Waals surface area contributed by atoms with Crippen molar-refractivity contribution in [3.05, 3.63) is 35.6 Å². The molecule has 1 saturated carbocycles. The molecule has 1 atom stereocenters. The van der Waals surface area contributed by atoms with Gasteiger partial charge >= 0.3 is 0 Å². The lowest BCUT2D eigenvalue weighted by Gasteiger charge is -2.35. The highest BCUT2D eigenvalue weighted by molar-refractivity contribution is 7.90. The molecule has 1 fully saturated rings. The van der Waals surface area contributed by atoms with Crippen molar-refractivity contribution in [1.29, 1.82) is 0 Å². The molecule has 27 heavy (non-hydrogen) atoms. The molecular weight excluding hydrogens is 391 g/mol. The van der Waals surface area contributed by atoms with E-state index in [4.69, 9.17) is 0 Å². The molecule has 0 heterocycles. The first-order chi connectivity index (χ1) is 12.1. The van der Waals surface area contributed by atoms with Crippen molar-refractivity contribution in [2.75, 3.05) is 13.6 Å². The molecule has 0 spiro atoms. The van der Waals surface area contributed by atoms with Crippen molar-refractivity contribution >= 4 is 22.4 Å². The SMILES string of the molecule is CNS(=O)(=O)C1CCC(CC(C)(C)NCC(O)c2cccc(F)c2)CC1.Cl. The maximum Gasteiger partial charge on any atom is 0.214 e. The first-order valence-corrected chi connectivity index (χ1v) is 10.8. The summed E-state index contributed by atoms with van der Waals surface area (Å²) in [5.74, 6) is 0.112. The van der Waals surface area contributed by atoms with Crippen LogP contribution >= 0.6 is 12.4 Å². The third kappa shape index (κ3) is 7.31. The summed E-state index contributed by atoms with van der Waals surface area (Å²) in [4.78, 5) is 0. The summed E-state index contributed by atoms with van der Waals surface area (Å²) in [6, 6.07) is 6.02. The largest absolute Gasteiger partial charge is 0.387 e. The van der Waals surface area contributed by atoms with Gasteiger partial charge in [-0.15, -0.1) is 12.4 Å². The number of rotatable bonds is 8. The third-order valence-electron chi connectivity index (χ3n) is 5.32. The van der Waals surface area contributed by atoms with E-state index in [9.17, 15) is 17.9 Å². The maximum atomic E-state index is 13.3. The van der Waals surface area contributed by atoms with Gasteiger partial charge in [-0.25, -0.2) is 17.5 Å². The van der Waals surface area contributed by atoms with Crippen molar-refractivity contribution in [3.8, 4) is 0 Å². The molecular formula is C19H32ClFN2O3S. The van der Waals surface area contributed by atoms with Gasteiger partial charge in [-0.3, -0.25) is 0 Å². The van der Waals surface area contributed by atoms with Crippen molar-refractivity contribution in [2.24, 2.45) is 5.92 Å². The topological polar surface area (TPSA) is 78.4 Å². The van der Waals surface area contributed by atoms with E-state index < -0.39 is 16.1 Å². The molecule has 3 N–H and O–H groups in total. The Morgan fingerprint density at radius 1 is 1.26 bits per heavy atom. The molecule has 0 amide bonds. The molecule has 1 aliphatic carbocycles. The predicted octanol–water partition coefficient (Wildman–Crippen LogP) is 3.15. The summed E-state index contributed by atoms with van der Waals surface area (Å²) >= 11 is 0. The van der Waals surface area contributed by atoms with Crippen molar-refractivity contribution in [1.82, 2.24) is 10.0 Å². The average molecular weight is 423 g/mol. The van der Waals surface area contributed by atoms with Gasteiger partial charge in [0.15, 0.2) is 0 Å². The molecule has 0 aromatic heterocycles. The Balaban J connectivity index is 0.00000364. The van der Waals surface area contributed by atoms with Crippen molar-refractivity contribution in [3.63, 3.8) is 0 Å². The zero-order valence-electron chi connectivity index (χ0n) is 16.2. The van der Waals surface area contributed by atoms with Crippen LogP contribution in [0.1, 0.15) is 57.6 Å². The van der Waals surface area contributed by atoms with Crippen LogP contribution in [-0.4, -0.2) is 37.9 Å². The lowest BCUT2D eigenvalue weighted by Crippen LogP contribution is -2.44. The average Bonchev–Trinajstić information content (AvgIpc) is 2.60. The van der Waals surface area contributed by atoms with Crippen LogP contribution in [0, 0.1) is 11.7 Å². The fourth-order valence-electron chi connectivity index (χ4n) is 3.81. The van der Waals surface area contributed by atoms with Gasteiger partial charge in [0.25, 0.3) is 0 Å². The highest BCUT2D eigenvalue weighted by Gasteiger charge is 2.32. The summed E-state index contributed by atoms with van der Waals surface area (Å²) in [7, 11) is -1.70. The number of benzene rings is 1. The van der Waals surface area contributed by atoms with E-state index in [1.54, 1.807) is 12.1 Å². The maximum absolute atomic E-state index is 13.3. The van der Waals surface area contributed by atoms with Crippen LogP contribution in [0.4, 0.5) is 4.39 Å². The van der Waals surface area contributed by atoms with E-state index in [2.05, 4.69) is 23.9 Å². The van der Waals surface area contributed by atoms with Gasteiger partial charge in [0.05, 0.1) is 11.4 Å². The number of β-amino-alcohol motifs (C(OH)–C–C–N with tert-alkyl or cyclic N) is 1. The lowest BCUT2D eigenvalue weighted by molar-refractivity contribution is 0.151.